The number of rotatable bonds is 6. The lowest BCUT2D eigenvalue weighted by Gasteiger charge is -2.12. The second-order valence-corrected chi connectivity index (χ2v) is 6.56. The number of carbonyl (C=O) groups is 1. The Bertz CT molecular complexity index is 912. The van der Waals surface area contributed by atoms with Gasteiger partial charge in [0.05, 0.1) is 25.5 Å². The summed E-state index contributed by atoms with van der Waals surface area (Å²) in [6, 6.07) is 14.9. The van der Waals surface area contributed by atoms with E-state index in [0.717, 1.165) is 11.3 Å². The van der Waals surface area contributed by atoms with Crippen molar-refractivity contribution >= 4 is 29.3 Å². The molecule has 0 radical (unpaired) electrons. The van der Waals surface area contributed by atoms with Gasteiger partial charge in [-0.1, -0.05) is 35.5 Å². The van der Waals surface area contributed by atoms with Gasteiger partial charge >= 0.3 is 5.97 Å². The minimum absolute atomic E-state index is 0.133. The summed E-state index contributed by atoms with van der Waals surface area (Å²) in [7, 11) is 2.96. The lowest BCUT2D eigenvalue weighted by molar-refractivity contribution is -0.137. The topological polar surface area (TPSA) is 66.2 Å². The molecule has 0 saturated heterocycles. The van der Waals surface area contributed by atoms with Crippen LogP contribution in [0.4, 0.5) is 0 Å². The summed E-state index contributed by atoms with van der Waals surface area (Å²) in [5.74, 6) is 1.09. The fraction of sp³-hybridized carbons (Fsp3) is 0.167. The van der Waals surface area contributed by atoms with Gasteiger partial charge in [0.2, 0.25) is 0 Å². The van der Waals surface area contributed by atoms with Crippen LogP contribution < -0.4 is 4.74 Å². The highest BCUT2D eigenvalue weighted by atomic mass is 35.5. The van der Waals surface area contributed by atoms with Gasteiger partial charge in [-0.15, -0.1) is 10.2 Å². The van der Waals surface area contributed by atoms with E-state index in [-0.39, 0.29) is 11.7 Å². The number of para-hydroxylation sites is 1. The van der Waals surface area contributed by atoms with Crippen LogP contribution in [0.5, 0.6) is 5.75 Å². The average molecular weight is 390 g/mol. The fourth-order valence-electron chi connectivity index (χ4n) is 2.37. The smallest absolute Gasteiger partial charge is 0.316 e. The quantitative estimate of drug-likeness (QED) is 0.471. The zero-order chi connectivity index (χ0) is 18.5. The van der Waals surface area contributed by atoms with E-state index in [1.165, 1.54) is 18.9 Å². The van der Waals surface area contributed by atoms with E-state index in [1.54, 1.807) is 19.2 Å². The van der Waals surface area contributed by atoms with Crippen LogP contribution in [-0.2, 0) is 9.53 Å². The predicted molar refractivity (Wildman–Crippen MR) is 101 cm³/mol. The molecule has 0 aliphatic carbocycles. The van der Waals surface area contributed by atoms with Crippen LogP contribution >= 0.6 is 23.4 Å². The Kier molecular flexibility index (Phi) is 5.80. The van der Waals surface area contributed by atoms with Crippen LogP contribution in [0.1, 0.15) is 0 Å². The molecule has 0 atom stereocenters. The normalized spacial score (nSPS) is 10.6. The first-order chi connectivity index (χ1) is 12.6. The number of hydrogen-bond acceptors (Lipinski definition) is 6. The van der Waals surface area contributed by atoms with E-state index >= 15 is 0 Å². The molecule has 0 fully saturated rings. The maximum Gasteiger partial charge on any atom is 0.316 e. The molecule has 0 N–H and O–H groups in total. The molecule has 26 heavy (non-hydrogen) atoms. The maximum atomic E-state index is 11.5. The minimum atomic E-state index is -0.334. The third-order valence-corrected chi connectivity index (χ3v) is 4.77. The molecule has 0 spiro atoms. The number of nitrogens with zero attached hydrogens (tertiary/aromatic N) is 3. The van der Waals surface area contributed by atoms with Crippen molar-refractivity contribution in [1.29, 1.82) is 0 Å². The summed E-state index contributed by atoms with van der Waals surface area (Å²) in [6.45, 7) is 0. The van der Waals surface area contributed by atoms with E-state index in [4.69, 9.17) is 21.1 Å². The molecule has 0 aliphatic heterocycles. The number of halogens is 1. The summed E-state index contributed by atoms with van der Waals surface area (Å²) in [5, 5.41) is 9.77. The van der Waals surface area contributed by atoms with E-state index in [9.17, 15) is 4.79 Å². The third-order valence-electron chi connectivity index (χ3n) is 3.61. The van der Waals surface area contributed by atoms with E-state index in [0.29, 0.717) is 21.8 Å². The molecule has 2 aromatic carbocycles. The minimum Gasteiger partial charge on any atom is -0.496 e. The Balaban J connectivity index is 2.11. The molecule has 6 nitrogen and oxygen atoms in total. The van der Waals surface area contributed by atoms with Crippen LogP contribution in [0.25, 0.3) is 17.1 Å². The van der Waals surface area contributed by atoms with E-state index in [1.807, 2.05) is 41.0 Å². The fourth-order valence-corrected chi connectivity index (χ4v) is 3.28. The number of thioether (sulfide) groups is 1. The molecule has 1 aromatic heterocycles. The van der Waals surface area contributed by atoms with Crippen LogP contribution in [0.2, 0.25) is 5.02 Å². The van der Waals surface area contributed by atoms with Gasteiger partial charge in [0, 0.05) is 10.7 Å². The molecule has 134 valence electrons. The van der Waals surface area contributed by atoms with Crippen molar-refractivity contribution in [3.63, 3.8) is 0 Å². The van der Waals surface area contributed by atoms with Crippen LogP contribution in [-0.4, -0.2) is 40.7 Å². The Labute approximate surface area is 160 Å². The predicted octanol–water partition coefficient (Wildman–Crippen LogP) is 3.86. The largest absolute Gasteiger partial charge is 0.496 e. The van der Waals surface area contributed by atoms with Crippen molar-refractivity contribution in [2.24, 2.45) is 0 Å². The third kappa shape index (κ3) is 3.84. The molecule has 0 saturated carbocycles. The van der Waals surface area contributed by atoms with Gasteiger partial charge in [0.25, 0.3) is 0 Å². The summed E-state index contributed by atoms with van der Waals surface area (Å²) >= 11 is 7.26. The van der Waals surface area contributed by atoms with Crippen molar-refractivity contribution < 1.29 is 14.3 Å². The van der Waals surface area contributed by atoms with E-state index < -0.39 is 0 Å². The highest BCUT2D eigenvalue weighted by Crippen LogP contribution is 2.33. The van der Waals surface area contributed by atoms with Crippen LogP contribution in [0.3, 0.4) is 0 Å². The average Bonchev–Trinajstić information content (AvgIpc) is 3.10. The standard InChI is InChI=1S/C18H16ClN3O3S/c1-24-15-6-4-3-5-14(15)17-20-21-18(26-11-16(23)25-2)22(17)13-9-7-12(19)8-10-13/h3-10H,11H2,1-2H3. The molecule has 0 aliphatic rings. The SMILES string of the molecule is COC(=O)CSc1nnc(-c2ccccc2OC)n1-c1ccc(Cl)cc1. The Morgan fingerprint density at radius 1 is 1.12 bits per heavy atom. The van der Waals surface area contributed by atoms with Crippen molar-refractivity contribution in [3.05, 3.63) is 53.6 Å². The van der Waals surface area contributed by atoms with Gasteiger partial charge in [-0.25, -0.2) is 0 Å². The molecular formula is C18H16ClN3O3S. The number of carbonyl (C=O) groups excluding carboxylic acids is 1. The van der Waals surface area contributed by atoms with Crippen molar-refractivity contribution in [3.8, 4) is 22.8 Å². The summed E-state index contributed by atoms with van der Waals surface area (Å²) in [4.78, 5) is 11.5. The van der Waals surface area contributed by atoms with Crippen molar-refractivity contribution in [2.45, 2.75) is 5.16 Å². The zero-order valence-electron chi connectivity index (χ0n) is 14.2. The molecule has 1 heterocycles. The first-order valence-electron chi connectivity index (χ1n) is 7.68. The summed E-state index contributed by atoms with van der Waals surface area (Å²) in [6.07, 6.45) is 0. The molecule has 0 unspecified atom stereocenters. The summed E-state index contributed by atoms with van der Waals surface area (Å²) in [5.41, 5.74) is 1.62. The number of esters is 1. The van der Waals surface area contributed by atoms with Crippen LogP contribution in [0, 0.1) is 0 Å². The number of methoxy groups -OCH3 is 2. The first-order valence-corrected chi connectivity index (χ1v) is 9.04. The van der Waals surface area contributed by atoms with Gasteiger partial charge in [-0.2, -0.15) is 0 Å². The summed E-state index contributed by atoms with van der Waals surface area (Å²) < 4.78 is 12.0. The second kappa shape index (κ2) is 8.25. The first kappa shape index (κ1) is 18.3. The molecule has 0 amide bonds. The molecule has 3 rings (SSSR count). The van der Waals surface area contributed by atoms with Gasteiger partial charge in [-0.05, 0) is 36.4 Å². The number of hydrogen-bond donors (Lipinski definition) is 0. The lowest BCUT2D eigenvalue weighted by Crippen LogP contribution is -2.05. The molecule has 8 heteroatoms. The Morgan fingerprint density at radius 2 is 1.85 bits per heavy atom. The highest BCUT2D eigenvalue weighted by molar-refractivity contribution is 7.99. The Hall–Kier alpha value is -2.51. The molecular weight excluding hydrogens is 374 g/mol. The highest BCUT2D eigenvalue weighted by Gasteiger charge is 2.19. The number of aromatic nitrogens is 3. The molecule has 0 bridgehead atoms. The number of ether oxygens (including phenoxy) is 2. The van der Waals surface area contributed by atoms with Crippen LogP contribution in [0.15, 0.2) is 53.7 Å². The van der Waals surface area contributed by atoms with E-state index in [2.05, 4.69) is 10.2 Å². The maximum absolute atomic E-state index is 11.5. The van der Waals surface area contributed by atoms with Gasteiger partial charge in [-0.3, -0.25) is 9.36 Å². The van der Waals surface area contributed by atoms with Gasteiger partial charge < -0.3 is 9.47 Å². The second-order valence-electron chi connectivity index (χ2n) is 5.18. The Morgan fingerprint density at radius 3 is 2.54 bits per heavy atom. The lowest BCUT2D eigenvalue weighted by atomic mass is 10.2. The molecule has 3 aromatic rings. The van der Waals surface area contributed by atoms with Crippen molar-refractivity contribution in [1.82, 2.24) is 14.8 Å². The van der Waals surface area contributed by atoms with Crippen molar-refractivity contribution in [2.75, 3.05) is 20.0 Å². The van der Waals surface area contributed by atoms with Gasteiger partial charge in [0.15, 0.2) is 11.0 Å². The monoisotopic (exact) mass is 389 g/mol. The van der Waals surface area contributed by atoms with Gasteiger partial charge in [0.1, 0.15) is 5.75 Å². The zero-order valence-corrected chi connectivity index (χ0v) is 15.8. The number of benzene rings is 2.